The van der Waals surface area contributed by atoms with Gasteiger partial charge in [-0.25, -0.2) is 4.79 Å². The van der Waals surface area contributed by atoms with Crippen LogP contribution in [0.5, 0.6) is 0 Å². The SMILES string of the molecule is CCOC(=O)c1c(N)sc(-c2ccc(Cl)c(Cl)c2)c1C. The Hall–Kier alpha value is -1.23. The van der Waals surface area contributed by atoms with Gasteiger partial charge in [-0.2, -0.15) is 0 Å². The molecule has 0 radical (unpaired) electrons. The van der Waals surface area contributed by atoms with Crippen molar-refractivity contribution in [1.29, 1.82) is 0 Å². The summed E-state index contributed by atoms with van der Waals surface area (Å²) in [5, 5.41) is 1.40. The van der Waals surface area contributed by atoms with Crippen molar-refractivity contribution < 1.29 is 9.53 Å². The number of nitrogens with two attached hydrogens (primary N) is 1. The van der Waals surface area contributed by atoms with Crippen LogP contribution in [0.4, 0.5) is 5.00 Å². The summed E-state index contributed by atoms with van der Waals surface area (Å²) in [7, 11) is 0. The van der Waals surface area contributed by atoms with Gasteiger partial charge in [0.25, 0.3) is 0 Å². The first-order valence-corrected chi connectivity index (χ1v) is 7.54. The van der Waals surface area contributed by atoms with Gasteiger partial charge < -0.3 is 10.5 Å². The lowest BCUT2D eigenvalue weighted by Gasteiger charge is -2.04. The molecule has 106 valence electrons. The zero-order valence-electron chi connectivity index (χ0n) is 11.0. The molecule has 2 N–H and O–H groups in total. The minimum Gasteiger partial charge on any atom is -0.462 e. The molecule has 0 aliphatic heterocycles. The monoisotopic (exact) mass is 329 g/mol. The van der Waals surface area contributed by atoms with E-state index in [9.17, 15) is 4.79 Å². The molecule has 2 aromatic rings. The lowest BCUT2D eigenvalue weighted by atomic mass is 10.1. The Labute approximate surface area is 131 Å². The first-order valence-electron chi connectivity index (χ1n) is 5.97. The van der Waals surface area contributed by atoms with Crippen LogP contribution in [-0.2, 0) is 4.74 Å². The number of hydrogen-bond acceptors (Lipinski definition) is 4. The van der Waals surface area contributed by atoms with E-state index in [1.165, 1.54) is 11.3 Å². The lowest BCUT2D eigenvalue weighted by Crippen LogP contribution is -2.07. The van der Waals surface area contributed by atoms with Crippen molar-refractivity contribution in [1.82, 2.24) is 0 Å². The van der Waals surface area contributed by atoms with Crippen molar-refractivity contribution in [3.8, 4) is 10.4 Å². The highest BCUT2D eigenvalue weighted by Crippen LogP contribution is 2.40. The lowest BCUT2D eigenvalue weighted by molar-refractivity contribution is 0.0527. The fourth-order valence-electron chi connectivity index (χ4n) is 1.91. The number of ether oxygens (including phenoxy) is 1. The van der Waals surface area contributed by atoms with Gasteiger partial charge in [0, 0.05) is 4.88 Å². The van der Waals surface area contributed by atoms with Gasteiger partial charge in [-0.15, -0.1) is 11.3 Å². The maximum absolute atomic E-state index is 11.9. The van der Waals surface area contributed by atoms with Gasteiger partial charge in [0.2, 0.25) is 0 Å². The van der Waals surface area contributed by atoms with Crippen LogP contribution in [0.15, 0.2) is 18.2 Å². The predicted octanol–water partition coefficient (Wildman–Crippen LogP) is 4.79. The fourth-order valence-corrected chi connectivity index (χ4v) is 3.26. The standard InChI is InChI=1S/C14H13Cl2NO2S/c1-3-19-14(18)11-7(2)12(20-13(11)17)8-4-5-9(15)10(16)6-8/h4-6H,3,17H2,1-2H3. The molecule has 0 aliphatic carbocycles. The van der Waals surface area contributed by atoms with E-state index >= 15 is 0 Å². The molecule has 0 spiro atoms. The van der Waals surface area contributed by atoms with Crippen molar-refractivity contribution in [2.24, 2.45) is 0 Å². The van der Waals surface area contributed by atoms with Gasteiger partial charge in [-0.1, -0.05) is 29.3 Å². The average molecular weight is 330 g/mol. The molecule has 0 unspecified atom stereocenters. The number of carbonyl (C=O) groups is 1. The summed E-state index contributed by atoms with van der Waals surface area (Å²) in [4.78, 5) is 12.8. The highest BCUT2D eigenvalue weighted by atomic mass is 35.5. The highest BCUT2D eigenvalue weighted by molar-refractivity contribution is 7.19. The topological polar surface area (TPSA) is 52.3 Å². The number of thiophene rings is 1. The van der Waals surface area contributed by atoms with Crippen LogP contribution in [0.2, 0.25) is 10.0 Å². The van der Waals surface area contributed by atoms with E-state index < -0.39 is 5.97 Å². The van der Waals surface area contributed by atoms with Crippen molar-refractivity contribution >= 4 is 45.5 Å². The van der Waals surface area contributed by atoms with Crippen molar-refractivity contribution in [2.75, 3.05) is 12.3 Å². The largest absolute Gasteiger partial charge is 0.462 e. The zero-order valence-corrected chi connectivity index (χ0v) is 13.3. The summed E-state index contributed by atoms with van der Waals surface area (Å²) >= 11 is 13.3. The molecule has 2 rings (SSSR count). The molecule has 3 nitrogen and oxygen atoms in total. The maximum Gasteiger partial charge on any atom is 0.341 e. The van der Waals surface area contributed by atoms with Gasteiger partial charge >= 0.3 is 5.97 Å². The van der Waals surface area contributed by atoms with E-state index in [1.54, 1.807) is 19.1 Å². The van der Waals surface area contributed by atoms with Crippen molar-refractivity contribution in [3.63, 3.8) is 0 Å². The van der Waals surface area contributed by atoms with Gasteiger partial charge in [0.15, 0.2) is 0 Å². The van der Waals surface area contributed by atoms with E-state index in [0.717, 1.165) is 16.0 Å². The number of rotatable bonds is 3. The molecule has 0 atom stereocenters. The second-order valence-electron chi connectivity index (χ2n) is 4.14. The Morgan fingerprint density at radius 2 is 2.05 bits per heavy atom. The van der Waals surface area contributed by atoms with Crippen LogP contribution in [0.25, 0.3) is 10.4 Å². The molecule has 1 aromatic carbocycles. The van der Waals surface area contributed by atoms with E-state index in [1.807, 2.05) is 13.0 Å². The third kappa shape index (κ3) is 2.77. The first-order chi connectivity index (χ1) is 9.45. The van der Waals surface area contributed by atoms with E-state index in [2.05, 4.69) is 0 Å². The number of anilines is 1. The molecule has 0 amide bonds. The Bertz CT molecular complexity index is 667. The van der Waals surface area contributed by atoms with Crippen molar-refractivity contribution in [2.45, 2.75) is 13.8 Å². The van der Waals surface area contributed by atoms with E-state index in [4.69, 9.17) is 33.7 Å². The predicted molar refractivity (Wildman–Crippen MR) is 84.9 cm³/mol. The summed E-state index contributed by atoms with van der Waals surface area (Å²) in [6.07, 6.45) is 0. The van der Waals surface area contributed by atoms with Gasteiger partial charge in [-0.3, -0.25) is 0 Å². The molecule has 0 saturated heterocycles. The number of nitrogen functional groups attached to an aromatic ring is 1. The summed E-state index contributed by atoms with van der Waals surface area (Å²) in [5.41, 5.74) is 8.04. The molecular weight excluding hydrogens is 317 g/mol. The number of halogens is 2. The Morgan fingerprint density at radius 1 is 1.35 bits per heavy atom. The summed E-state index contributed by atoms with van der Waals surface area (Å²) in [6.45, 7) is 3.92. The quantitative estimate of drug-likeness (QED) is 0.823. The molecule has 0 saturated carbocycles. The molecule has 0 fully saturated rings. The summed E-state index contributed by atoms with van der Waals surface area (Å²) in [6, 6.07) is 5.33. The third-order valence-corrected chi connectivity index (χ3v) is 4.74. The molecular formula is C14H13Cl2NO2S. The Kier molecular flexibility index (Phi) is 4.58. The van der Waals surface area contributed by atoms with Gasteiger partial charge in [-0.05, 0) is 37.1 Å². The van der Waals surface area contributed by atoms with Crippen LogP contribution < -0.4 is 5.73 Å². The molecule has 6 heteroatoms. The van der Waals surface area contributed by atoms with Crippen LogP contribution >= 0.6 is 34.5 Å². The molecule has 20 heavy (non-hydrogen) atoms. The zero-order chi connectivity index (χ0) is 14.9. The van der Waals surface area contributed by atoms with Crippen LogP contribution in [0, 0.1) is 6.92 Å². The minimum absolute atomic E-state index is 0.315. The first kappa shape index (κ1) is 15.2. The Morgan fingerprint density at radius 3 is 2.65 bits per heavy atom. The smallest absolute Gasteiger partial charge is 0.341 e. The number of esters is 1. The van der Waals surface area contributed by atoms with Crippen LogP contribution in [0.1, 0.15) is 22.8 Å². The second kappa shape index (κ2) is 6.04. The molecule has 0 aliphatic rings. The molecule has 0 bridgehead atoms. The maximum atomic E-state index is 11.9. The Balaban J connectivity index is 2.51. The van der Waals surface area contributed by atoms with E-state index in [-0.39, 0.29) is 0 Å². The average Bonchev–Trinajstić information content (AvgIpc) is 2.68. The second-order valence-corrected chi connectivity index (χ2v) is 6.01. The number of carbonyl (C=O) groups excluding carboxylic acids is 1. The van der Waals surface area contributed by atoms with Crippen LogP contribution in [0.3, 0.4) is 0 Å². The minimum atomic E-state index is -0.398. The summed E-state index contributed by atoms with van der Waals surface area (Å²) < 4.78 is 5.02. The van der Waals surface area contributed by atoms with Gasteiger partial charge in [0.05, 0.1) is 22.2 Å². The third-order valence-electron chi connectivity index (χ3n) is 2.84. The van der Waals surface area contributed by atoms with Gasteiger partial charge in [0.1, 0.15) is 5.00 Å². The summed E-state index contributed by atoms with van der Waals surface area (Å²) in [5.74, 6) is -0.398. The normalized spacial score (nSPS) is 10.6. The number of hydrogen-bond donors (Lipinski definition) is 1. The molecule has 1 heterocycles. The fraction of sp³-hybridized carbons (Fsp3) is 0.214. The van der Waals surface area contributed by atoms with E-state index in [0.29, 0.717) is 27.2 Å². The number of benzene rings is 1. The molecule has 1 aromatic heterocycles. The highest BCUT2D eigenvalue weighted by Gasteiger charge is 2.21. The van der Waals surface area contributed by atoms with Crippen molar-refractivity contribution in [3.05, 3.63) is 39.4 Å². The van der Waals surface area contributed by atoms with Crippen LogP contribution in [-0.4, -0.2) is 12.6 Å².